The van der Waals surface area contributed by atoms with Crippen LogP contribution in [0.15, 0.2) is 84.0 Å². The van der Waals surface area contributed by atoms with Crippen LogP contribution < -0.4 is 10.6 Å². The molecular formula is C25H31IN4O. The molecule has 0 aliphatic rings. The predicted molar refractivity (Wildman–Crippen MR) is 138 cm³/mol. The van der Waals surface area contributed by atoms with E-state index in [0.717, 1.165) is 31.2 Å². The van der Waals surface area contributed by atoms with Crippen molar-refractivity contribution in [3.63, 3.8) is 0 Å². The fraction of sp³-hybridized carbons (Fsp3) is 0.280. The molecule has 0 amide bonds. The number of pyridine rings is 1. The van der Waals surface area contributed by atoms with Crippen molar-refractivity contribution in [1.29, 1.82) is 0 Å². The average Bonchev–Trinajstić information content (AvgIpc) is 2.80. The number of rotatable bonds is 10. The summed E-state index contributed by atoms with van der Waals surface area (Å²) in [5, 5.41) is 6.67. The normalized spacial score (nSPS) is 10.9. The predicted octanol–water partition coefficient (Wildman–Crippen LogP) is 4.71. The van der Waals surface area contributed by atoms with Crippen molar-refractivity contribution in [2.24, 2.45) is 4.99 Å². The van der Waals surface area contributed by atoms with Crippen molar-refractivity contribution in [3.8, 4) is 0 Å². The monoisotopic (exact) mass is 530 g/mol. The molecule has 0 unspecified atom stereocenters. The van der Waals surface area contributed by atoms with Crippen molar-refractivity contribution in [2.45, 2.75) is 33.1 Å². The van der Waals surface area contributed by atoms with Crippen LogP contribution >= 0.6 is 24.0 Å². The number of aromatic nitrogens is 1. The van der Waals surface area contributed by atoms with E-state index in [-0.39, 0.29) is 24.0 Å². The van der Waals surface area contributed by atoms with Crippen LogP contribution in [0.1, 0.15) is 29.3 Å². The highest BCUT2D eigenvalue weighted by Gasteiger charge is 2.00. The molecule has 0 spiro atoms. The Morgan fingerprint density at radius 3 is 2.19 bits per heavy atom. The Morgan fingerprint density at radius 1 is 0.839 bits per heavy atom. The van der Waals surface area contributed by atoms with Gasteiger partial charge in [0.15, 0.2) is 5.96 Å². The van der Waals surface area contributed by atoms with E-state index in [1.807, 2.05) is 42.6 Å². The molecule has 2 aromatic carbocycles. The van der Waals surface area contributed by atoms with Gasteiger partial charge in [0, 0.05) is 31.4 Å². The molecule has 0 atom stereocenters. The summed E-state index contributed by atoms with van der Waals surface area (Å²) in [5.74, 6) is 0.823. The van der Waals surface area contributed by atoms with Crippen LogP contribution in [0.5, 0.6) is 0 Å². The molecule has 0 fully saturated rings. The Labute approximate surface area is 202 Å². The largest absolute Gasteiger partial charge is 0.372 e. The van der Waals surface area contributed by atoms with E-state index in [1.54, 1.807) is 0 Å². The van der Waals surface area contributed by atoms with Gasteiger partial charge >= 0.3 is 0 Å². The number of nitrogens with one attached hydrogen (secondary N) is 2. The number of hydrogen-bond acceptors (Lipinski definition) is 3. The highest BCUT2D eigenvalue weighted by Crippen LogP contribution is 2.09. The van der Waals surface area contributed by atoms with E-state index >= 15 is 0 Å². The zero-order chi connectivity index (χ0) is 20.9. The number of benzene rings is 2. The molecule has 31 heavy (non-hydrogen) atoms. The zero-order valence-corrected chi connectivity index (χ0v) is 20.3. The first kappa shape index (κ1) is 24.8. The van der Waals surface area contributed by atoms with Crippen LogP contribution in [0.25, 0.3) is 0 Å². The lowest BCUT2D eigenvalue weighted by molar-refractivity contribution is 0.107. The third-order valence-electron chi connectivity index (χ3n) is 4.57. The summed E-state index contributed by atoms with van der Waals surface area (Å²) in [6.07, 6.45) is 2.69. The summed E-state index contributed by atoms with van der Waals surface area (Å²) in [7, 11) is 0. The van der Waals surface area contributed by atoms with E-state index in [1.165, 1.54) is 16.7 Å². The van der Waals surface area contributed by atoms with Gasteiger partial charge in [-0.05, 0) is 35.7 Å². The van der Waals surface area contributed by atoms with Gasteiger partial charge in [0.1, 0.15) is 0 Å². The zero-order valence-electron chi connectivity index (χ0n) is 18.0. The maximum absolute atomic E-state index is 5.80. The number of hydrogen-bond donors (Lipinski definition) is 2. The molecule has 0 aliphatic heterocycles. The van der Waals surface area contributed by atoms with Gasteiger partial charge in [0.2, 0.25) is 0 Å². The fourth-order valence-electron chi connectivity index (χ4n) is 2.97. The van der Waals surface area contributed by atoms with Crippen molar-refractivity contribution in [1.82, 2.24) is 15.6 Å². The van der Waals surface area contributed by atoms with Gasteiger partial charge in [-0.1, -0.05) is 60.7 Å². The lowest BCUT2D eigenvalue weighted by atomic mass is 10.1. The van der Waals surface area contributed by atoms with Crippen LogP contribution in [-0.4, -0.2) is 24.0 Å². The summed E-state index contributed by atoms with van der Waals surface area (Å²) in [4.78, 5) is 9.04. The second kappa shape index (κ2) is 14.5. The Bertz CT molecular complexity index is 886. The van der Waals surface area contributed by atoms with E-state index in [9.17, 15) is 0 Å². The number of aliphatic imine (C=N–C) groups is 1. The number of halogens is 1. The van der Waals surface area contributed by atoms with Crippen LogP contribution in [-0.2, 0) is 30.9 Å². The average molecular weight is 530 g/mol. The third kappa shape index (κ3) is 9.48. The Balaban J connectivity index is 0.00000341. The third-order valence-corrected chi connectivity index (χ3v) is 4.57. The topological polar surface area (TPSA) is 58.5 Å². The molecule has 0 bridgehead atoms. The molecule has 1 heterocycles. The first-order valence-electron chi connectivity index (χ1n) is 10.4. The van der Waals surface area contributed by atoms with E-state index < -0.39 is 0 Å². The highest BCUT2D eigenvalue weighted by atomic mass is 127. The second-order valence-corrected chi connectivity index (χ2v) is 6.99. The second-order valence-electron chi connectivity index (χ2n) is 6.99. The van der Waals surface area contributed by atoms with Crippen molar-refractivity contribution in [2.75, 3.05) is 13.1 Å². The van der Waals surface area contributed by atoms with Crippen LogP contribution in [0.3, 0.4) is 0 Å². The smallest absolute Gasteiger partial charge is 0.191 e. The van der Waals surface area contributed by atoms with E-state index in [2.05, 4.69) is 63.9 Å². The summed E-state index contributed by atoms with van der Waals surface area (Å²) < 4.78 is 5.80. The summed E-state index contributed by atoms with van der Waals surface area (Å²) >= 11 is 0. The Hall–Kier alpha value is -2.45. The van der Waals surface area contributed by atoms with Gasteiger partial charge in [0.25, 0.3) is 0 Å². The molecule has 0 saturated carbocycles. The minimum atomic E-state index is 0. The molecule has 3 aromatic rings. The first-order valence-corrected chi connectivity index (χ1v) is 10.4. The number of guanidine groups is 1. The van der Waals surface area contributed by atoms with E-state index in [4.69, 9.17) is 4.74 Å². The highest BCUT2D eigenvalue weighted by molar-refractivity contribution is 14.0. The number of nitrogens with zero attached hydrogens (tertiary/aromatic N) is 2. The molecule has 0 aliphatic carbocycles. The molecule has 1 aromatic heterocycles. The lowest BCUT2D eigenvalue weighted by Gasteiger charge is -2.11. The Morgan fingerprint density at radius 2 is 1.52 bits per heavy atom. The minimum absolute atomic E-state index is 0. The van der Waals surface area contributed by atoms with Crippen molar-refractivity contribution in [3.05, 3.63) is 101 Å². The van der Waals surface area contributed by atoms with E-state index in [0.29, 0.717) is 19.8 Å². The first-order chi connectivity index (χ1) is 14.8. The molecule has 2 N–H and O–H groups in total. The van der Waals surface area contributed by atoms with Crippen LogP contribution in [0.4, 0.5) is 0 Å². The molecule has 0 saturated heterocycles. The molecule has 6 heteroatoms. The molecule has 3 rings (SSSR count). The number of ether oxygens (including phenoxy) is 1. The van der Waals surface area contributed by atoms with Gasteiger partial charge in [0.05, 0.1) is 19.8 Å². The quantitative estimate of drug-likeness (QED) is 0.227. The fourth-order valence-corrected chi connectivity index (χ4v) is 2.97. The SMILES string of the molecule is CCNC(=NCc1ccc(COCc2ccccc2)cc1)NCCc1ccccn1.I. The van der Waals surface area contributed by atoms with Gasteiger partial charge in [-0.15, -0.1) is 24.0 Å². The molecule has 0 radical (unpaired) electrons. The summed E-state index contributed by atoms with van der Waals surface area (Å²) in [5.41, 5.74) is 4.60. The molecular weight excluding hydrogens is 499 g/mol. The summed E-state index contributed by atoms with van der Waals surface area (Å²) in [6.45, 7) is 5.55. The van der Waals surface area contributed by atoms with Crippen molar-refractivity contribution < 1.29 is 4.74 Å². The Kier molecular flexibility index (Phi) is 11.6. The standard InChI is InChI=1S/C25H30N4O.HI/c1-2-26-25(28-17-15-24-10-6-7-16-27-24)29-18-21-11-13-23(14-12-21)20-30-19-22-8-4-3-5-9-22;/h3-14,16H,2,15,17-20H2,1H3,(H2,26,28,29);1H. The summed E-state index contributed by atoms with van der Waals surface area (Å²) in [6, 6.07) is 24.7. The molecule has 5 nitrogen and oxygen atoms in total. The van der Waals surface area contributed by atoms with Crippen molar-refractivity contribution >= 4 is 29.9 Å². The van der Waals surface area contributed by atoms with Gasteiger partial charge in [-0.2, -0.15) is 0 Å². The van der Waals surface area contributed by atoms with Crippen LogP contribution in [0.2, 0.25) is 0 Å². The minimum Gasteiger partial charge on any atom is -0.372 e. The van der Waals surface area contributed by atoms with Crippen LogP contribution in [0, 0.1) is 0 Å². The molecule has 164 valence electrons. The van der Waals surface area contributed by atoms with Gasteiger partial charge in [-0.3, -0.25) is 4.98 Å². The van der Waals surface area contributed by atoms with Gasteiger partial charge in [-0.25, -0.2) is 4.99 Å². The maximum Gasteiger partial charge on any atom is 0.191 e. The van der Waals surface area contributed by atoms with Gasteiger partial charge < -0.3 is 15.4 Å². The lowest BCUT2D eigenvalue weighted by Crippen LogP contribution is -2.38. The maximum atomic E-state index is 5.80.